The zero-order valence-corrected chi connectivity index (χ0v) is 19.3. The quantitative estimate of drug-likeness (QED) is 0.166. The zero-order chi connectivity index (χ0) is 21.6. The van der Waals surface area contributed by atoms with Gasteiger partial charge in [-0.25, -0.2) is 4.79 Å². The topological polar surface area (TPSA) is 29.5 Å². The van der Waals surface area contributed by atoms with Crippen molar-refractivity contribution in [3.8, 4) is 0 Å². The molecule has 0 saturated heterocycles. The SMILES string of the molecule is C=CC(=O)OCCCCCCCCCCCCCC.CN(C)Cc1ccccc1. The summed E-state index contributed by atoms with van der Waals surface area (Å²) in [5.41, 5.74) is 1.37. The van der Waals surface area contributed by atoms with Crippen LogP contribution in [0.5, 0.6) is 0 Å². The monoisotopic (exact) mass is 403 g/mol. The molecular weight excluding hydrogens is 358 g/mol. The van der Waals surface area contributed by atoms with Gasteiger partial charge in [0.1, 0.15) is 0 Å². The normalized spacial score (nSPS) is 10.3. The van der Waals surface area contributed by atoms with Crippen LogP contribution in [0.1, 0.15) is 89.5 Å². The highest BCUT2D eigenvalue weighted by Crippen LogP contribution is 2.11. The molecule has 0 N–H and O–H groups in total. The van der Waals surface area contributed by atoms with Crippen LogP contribution < -0.4 is 0 Å². The summed E-state index contributed by atoms with van der Waals surface area (Å²) in [6, 6.07) is 10.5. The third kappa shape index (κ3) is 20.9. The maximum Gasteiger partial charge on any atom is 0.330 e. The van der Waals surface area contributed by atoms with E-state index in [9.17, 15) is 4.79 Å². The van der Waals surface area contributed by atoms with Gasteiger partial charge in [-0.15, -0.1) is 0 Å². The minimum atomic E-state index is -0.303. The second kappa shape index (κ2) is 21.1. The lowest BCUT2D eigenvalue weighted by Gasteiger charge is -2.08. The summed E-state index contributed by atoms with van der Waals surface area (Å²) < 4.78 is 4.93. The molecule has 166 valence electrons. The fourth-order valence-electron chi connectivity index (χ4n) is 3.12. The first kappa shape index (κ1) is 27.4. The molecule has 0 bridgehead atoms. The first-order valence-corrected chi connectivity index (χ1v) is 11.6. The van der Waals surface area contributed by atoms with E-state index in [1.165, 1.54) is 82.3 Å². The van der Waals surface area contributed by atoms with Gasteiger partial charge in [0.15, 0.2) is 0 Å². The number of carbonyl (C=O) groups is 1. The Hall–Kier alpha value is -1.61. The number of ether oxygens (including phenoxy) is 1. The molecule has 0 aromatic heterocycles. The summed E-state index contributed by atoms with van der Waals surface area (Å²) in [6.45, 7) is 7.20. The van der Waals surface area contributed by atoms with Crippen molar-refractivity contribution in [3.63, 3.8) is 0 Å². The molecule has 1 rings (SSSR count). The lowest BCUT2D eigenvalue weighted by Crippen LogP contribution is -2.10. The third-order valence-electron chi connectivity index (χ3n) is 4.75. The molecule has 0 aliphatic carbocycles. The Morgan fingerprint density at radius 1 is 0.862 bits per heavy atom. The fourth-order valence-corrected chi connectivity index (χ4v) is 3.12. The van der Waals surface area contributed by atoms with Crippen LogP contribution in [0.3, 0.4) is 0 Å². The molecule has 0 amide bonds. The highest BCUT2D eigenvalue weighted by molar-refractivity contribution is 5.81. The zero-order valence-electron chi connectivity index (χ0n) is 19.3. The van der Waals surface area contributed by atoms with E-state index in [0.717, 1.165) is 13.0 Å². The van der Waals surface area contributed by atoms with Gasteiger partial charge >= 0.3 is 5.97 Å². The predicted octanol–water partition coefficient (Wildman–Crippen LogP) is 7.16. The van der Waals surface area contributed by atoms with E-state index < -0.39 is 0 Å². The standard InChI is InChI=1S/C17H32O2.C9H13N/c1-3-5-6-7-8-9-10-11-12-13-14-15-16-19-17(18)4-2;1-10(2)8-9-6-4-3-5-7-9/h4H,2-3,5-16H2,1H3;3-7H,8H2,1-2H3. The molecule has 0 spiro atoms. The van der Waals surface area contributed by atoms with E-state index in [1.54, 1.807) is 0 Å². The molecule has 0 atom stereocenters. The Balaban J connectivity index is 0.000000651. The summed E-state index contributed by atoms with van der Waals surface area (Å²) in [5, 5.41) is 0. The maximum absolute atomic E-state index is 10.8. The predicted molar refractivity (Wildman–Crippen MR) is 126 cm³/mol. The molecule has 29 heavy (non-hydrogen) atoms. The summed E-state index contributed by atoms with van der Waals surface area (Å²) in [5.74, 6) is -0.303. The Morgan fingerprint density at radius 2 is 1.34 bits per heavy atom. The van der Waals surface area contributed by atoms with Crippen LogP contribution in [-0.2, 0) is 16.1 Å². The highest BCUT2D eigenvalue weighted by atomic mass is 16.5. The first-order chi connectivity index (χ1) is 14.1. The molecule has 0 saturated carbocycles. The summed E-state index contributed by atoms with van der Waals surface area (Å²) >= 11 is 0. The number of rotatable bonds is 16. The van der Waals surface area contributed by atoms with Crippen LogP contribution in [0.2, 0.25) is 0 Å². The van der Waals surface area contributed by atoms with Crippen molar-refractivity contribution in [2.75, 3.05) is 20.7 Å². The van der Waals surface area contributed by atoms with E-state index in [1.807, 2.05) is 6.07 Å². The van der Waals surface area contributed by atoms with E-state index in [4.69, 9.17) is 4.74 Å². The molecule has 0 radical (unpaired) electrons. The second-order valence-electron chi connectivity index (χ2n) is 7.98. The minimum absolute atomic E-state index is 0.303. The second-order valence-corrected chi connectivity index (χ2v) is 7.98. The van der Waals surface area contributed by atoms with Gasteiger partial charge in [0.2, 0.25) is 0 Å². The number of esters is 1. The molecule has 1 aromatic carbocycles. The van der Waals surface area contributed by atoms with Gasteiger partial charge < -0.3 is 9.64 Å². The fraction of sp³-hybridized carbons (Fsp3) is 0.654. The Labute approximate surface area is 180 Å². The largest absolute Gasteiger partial charge is 0.463 e. The number of benzene rings is 1. The lowest BCUT2D eigenvalue weighted by molar-refractivity contribution is -0.137. The molecule has 3 nitrogen and oxygen atoms in total. The van der Waals surface area contributed by atoms with Gasteiger partial charge in [-0.2, -0.15) is 0 Å². The Bertz CT molecular complexity index is 485. The van der Waals surface area contributed by atoms with Gasteiger partial charge in [0.05, 0.1) is 6.61 Å². The molecular formula is C26H45NO2. The van der Waals surface area contributed by atoms with Crippen molar-refractivity contribution in [2.45, 2.75) is 90.5 Å². The van der Waals surface area contributed by atoms with Gasteiger partial charge in [-0.05, 0) is 26.1 Å². The average molecular weight is 404 g/mol. The van der Waals surface area contributed by atoms with Crippen LogP contribution in [0.4, 0.5) is 0 Å². The van der Waals surface area contributed by atoms with Crippen molar-refractivity contribution in [2.24, 2.45) is 0 Å². The molecule has 0 aliphatic rings. The Morgan fingerprint density at radius 3 is 1.79 bits per heavy atom. The molecule has 1 aromatic rings. The molecule has 0 fully saturated rings. The number of hydrogen-bond donors (Lipinski definition) is 0. The number of unbranched alkanes of at least 4 members (excludes halogenated alkanes) is 11. The summed E-state index contributed by atoms with van der Waals surface area (Å²) in [6.07, 6.45) is 17.1. The smallest absolute Gasteiger partial charge is 0.330 e. The van der Waals surface area contributed by atoms with Gasteiger partial charge in [-0.3, -0.25) is 0 Å². The highest BCUT2D eigenvalue weighted by Gasteiger charge is 1.96. The molecule has 3 heteroatoms. The van der Waals surface area contributed by atoms with Gasteiger partial charge in [-0.1, -0.05) is 114 Å². The number of nitrogens with zero attached hydrogens (tertiary/aromatic N) is 1. The van der Waals surface area contributed by atoms with Crippen LogP contribution in [0.15, 0.2) is 43.0 Å². The third-order valence-corrected chi connectivity index (χ3v) is 4.75. The first-order valence-electron chi connectivity index (χ1n) is 11.6. The van der Waals surface area contributed by atoms with Crippen LogP contribution in [0, 0.1) is 0 Å². The van der Waals surface area contributed by atoms with Gasteiger partial charge in [0.25, 0.3) is 0 Å². The van der Waals surface area contributed by atoms with Crippen molar-refractivity contribution in [3.05, 3.63) is 48.6 Å². The summed E-state index contributed by atoms with van der Waals surface area (Å²) in [4.78, 5) is 12.9. The van der Waals surface area contributed by atoms with Crippen LogP contribution in [0.25, 0.3) is 0 Å². The summed E-state index contributed by atoms with van der Waals surface area (Å²) in [7, 11) is 4.15. The molecule has 0 aliphatic heterocycles. The number of carbonyl (C=O) groups excluding carboxylic acids is 1. The van der Waals surface area contributed by atoms with Crippen LogP contribution >= 0.6 is 0 Å². The molecule has 0 heterocycles. The van der Waals surface area contributed by atoms with Gasteiger partial charge in [0, 0.05) is 12.6 Å². The minimum Gasteiger partial charge on any atom is -0.463 e. The Kier molecular flexibility index (Phi) is 19.9. The van der Waals surface area contributed by atoms with E-state index in [-0.39, 0.29) is 5.97 Å². The molecule has 0 unspecified atom stereocenters. The van der Waals surface area contributed by atoms with E-state index >= 15 is 0 Å². The van der Waals surface area contributed by atoms with Crippen molar-refractivity contribution in [1.82, 2.24) is 4.90 Å². The van der Waals surface area contributed by atoms with E-state index in [2.05, 4.69) is 56.8 Å². The number of hydrogen-bond acceptors (Lipinski definition) is 3. The van der Waals surface area contributed by atoms with Crippen molar-refractivity contribution >= 4 is 5.97 Å². The average Bonchev–Trinajstić information content (AvgIpc) is 2.72. The van der Waals surface area contributed by atoms with Crippen molar-refractivity contribution < 1.29 is 9.53 Å². The van der Waals surface area contributed by atoms with E-state index in [0.29, 0.717) is 6.61 Å². The van der Waals surface area contributed by atoms with Crippen molar-refractivity contribution in [1.29, 1.82) is 0 Å². The van der Waals surface area contributed by atoms with Crippen LogP contribution in [-0.4, -0.2) is 31.6 Å². The lowest BCUT2D eigenvalue weighted by atomic mass is 10.1. The maximum atomic E-state index is 10.8.